The fraction of sp³-hybridized carbons (Fsp3) is 0.250. The maximum absolute atomic E-state index is 12.7. The van der Waals surface area contributed by atoms with Crippen molar-refractivity contribution in [3.8, 4) is 5.75 Å². The van der Waals surface area contributed by atoms with Crippen molar-refractivity contribution in [2.45, 2.75) is 32.6 Å². The minimum Gasteiger partial charge on any atom is -0.506 e. The third kappa shape index (κ3) is 2.88. The number of phenols is 1. The SMILES string of the molecule is Cc1cc(C)c(C)c(S(=O)(=O)Nc2ccccc2O)c1C. The van der Waals surface area contributed by atoms with Crippen LogP contribution in [-0.2, 0) is 10.0 Å². The molecule has 0 radical (unpaired) electrons. The van der Waals surface area contributed by atoms with Gasteiger partial charge >= 0.3 is 0 Å². The average molecular weight is 305 g/mol. The summed E-state index contributed by atoms with van der Waals surface area (Å²) in [5, 5.41) is 9.74. The molecular formula is C16H19NO3S. The van der Waals surface area contributed by atoms with E-state index in [0.29, 0.717) is 0 Å². The molecule has 0 bridgehead atoms. The van der Waals surface area contributed by atoms with E-state index in [1.165, 1.54) is 12.1 Å². The van der Waals surface area contributed by atoms with Gasteiger partial charge in [-0.3, -0.25) is 4.72 Å². The molecule has 0 saturated carbocycles. The molecule has 112 valence electrons. The summed E-state index contributed by atoms with van der Waals surface area (Å²) in [6.07, 6.45) is 0. The molecule has 0 unspecified atom stereocenters. The number of aryl methyl sites for hydroxylation is 2. The maximum Gasteiger partial charge on any atom is 0.262 e. The zero-order valence-corrected chi connectivity index (χ0v) is 13.4. The van der Waals surface area contributed by atoms with E-state index in [2.05, 4.69) is 4.72 Å². The number of sulfonamides is 1. The van der Waals surface area contributed by atoms with Gasteiger partial charge in [-0.25, -0.2) is 8.42 Å². The van der Waals surface area contributed by atoms with Crippen LogP contribution in [0.1, 0.15) is 22.3 Å². The number of phenolic OH excluding ortho intramolecular Hbond substituents is 1. The molecule has 0 amide bonds. The maximum atomic E-state index is 12.7. The highest BCUT2D eigenvalue weighted by atomic mass is 32.2. The van der Waals surface area contributed by atoms with Crippen molar-refractivity contribution in [3.63, 3.8) is 0 Å². The van der Waals surface area contributed by atoms with Gasteiger partial charge < -0.3 is 5.11 Å². The van der Waals surface area contributed by atoms with Gasteiger partial charge in [0.15, 0.2) is 0 Å². The van der Waals surface area contributed by atoms with Crippen LogP contribution in [0.5, 0.6) is 5.75 Å². The van der Waals surface area contributed by atoms with Crippen LogP contribution in [0.2, 0.25) is 0 Å². The first-order valence-electron chi connectivity index (χ1n) is 6.62. The Kier molecular flexibility index (Phi) is 3.96. The molecule has 2 aromatic carbocycles. The first-order chi connectivity index (χ1) is 9.74. The lowest BCUT2D eigenvalue weighted by Gasteiger charge is -2.17. The molecule has 2 N–H and O–H groups in total. The fourth-order valence-corrected chi connectivity index (χ4v) is 4.03. The highest BCUT2D eigenvalue weighted by Gasteiger charge is 2.22. The van der Waals surface area contributed by atoms with Crippen LogP contribution in [0.25, 0.3) is 0 Å². The van der Waals surface area contributed by atoms with Gasteiger partial charge in [0, 0.05) is 0 Å². The Balaban J connectivity index is 2.58. The number of para-hydroxylation sites is 2. The van der Waals surface area contributed by atoms with Crippen LogP contribution in [0, 0.1) is 27.7 Å². The molecule has 0 aliphatic heterocycles. The summed E-state index contributed by atoms with van der Waals surface area (Å²) in [6.45, 7) is 7.37. The van der Waals surface area contributed by atoms with Crippen molar-refractivity contribution in [1.82, 2.24) is 0 Å². The van der Waals surface area contributed by atoms with Gasteiger partial charge in [0.2, 0.25) is 0 Å². The van der Waals surface area contributed by atoms with E-state index >= 15 is 0 Å². The van der Waals surface area contributed by atoms with E-state index in [1.807, 2.05) is 19.9 Å². The van der Waals surface area contributed by atoms with Gasteiger partial charge in [0.25, 0.3) is 10.0 Å². The molecule has 21 heavy (non-hydrogen) atoms. The summed E-state index contributed by atoms with van der Waals surface area (Å²) in [7, 11) is -3.75. The second kappa shape index (κ2) is 5.41. The molecule has 0 spiro atoms. The van der Waals surface area contributed by atoms with Gasteiger partial charge in [-0.2, -0.15) is 0 Å². The van der Waals surface area contributed by atoms with Crippen LogP contribution < -0.4 is 4.72 Å². The third-order valence-corrected chi connectivity index (χ3v) is 5.35. The zero-order chi connectivity index (χ0) is 15.8. The second-order valence-corrected chi connectivity index (χ2v) is 6.83. The van der Waals surface area contributed by atoms with Gasteiger partial charge in [0.1, 0.15) is 5.75 Å². The molecule has 0 aromatic heterocycles. The molecule has 0 saturated heterocycles. The lowest BCUT2D eigenvalue weighted by atomic mass is 10.0. The van der Waals surface area contributed by atoms with Crippen LogP contribution in [0.15, 0.2) is 35.2 Å². The van der Waals surface area contributed by atoms with E-state index in [-0.39, 0.29) is 16.3 Å². The van der Waals surface area contributed by atoms with Crippen molar-refractivity contribution in [2.24, 2.45) is 0 Å². The molecule has 0 heterocycles. The van der Waals surface area contributed by atoms with Gasteiger partial charge in [0.05, 0.1) is 10.6 Å². The monoisotopic (exact) mass is 305 g/mol. The summed E-state index contributed by atoms with van der Waals surface area (Å²) in [4.78, 5) is 0.281. The van der Waals surface area contributed by atoms with E-state index in [9.17, 15) is 13.5 Å². The van der Waals surface area contributed by atoms with Crippen LogP contribution in [0.4, 0.5) is 5.69 Å². The molecule has 4 nitrogen and oxygen atoms in total. The Bertz CT molecular complexity index is 769. The first-order valence-corrected chi connectivity index (χ1v) is 8.10. The molecule has 0 atom stereocenters. The summed E-state index contributed by atoms with van der Waals surface area (Å²) in [5.74, 6) is -0.0965. The minimum absolute atomic E-state index is 0.0965. The number of anilines is 1. The van der Waals surface area contributed by atoms with E-state index in [1.54, 1.807) is 26.0 Å². The summed E-state index contributed by atoms with van der Waals surface area (Å²) in [5.41, 5.74) is 3.48. The summed E-state index contributed by atoms with van der Waals surface area (Å²) < 4.78 is 27.8. The smallest absolute Gasteiger partial charge is 0.262 e. The van der Waals surface area contributed by atoms with Crippen LogP contribution in [0.3, 0.4) is 0 Å². The van der Waals surface area contributed by atoms with Crippen LogP contribution in [-0.4, -0.2) is 13.5 Å². The lowest BCUT2D eigenvalue weighted by molar-refractivity contribution is 0.477. The van der Waals surface area contributed by atoms with Gasteiger partial charge in [-0.05, 0) is 62.1 Å². The number of nitrogens with one attached hydrogen (secondary N) is 1. The van der Waals surface area contributed by atoms with Crippen molar-refractivity contribution in [3.05, 3.63) is 52.6 Å². The number of rotatable bonds is 3. The van der Waals surface area contributed by atoms with E-state index in [4.69, 9.17) is 0 Å². The third-order valence-electron chi connectivity index (χ3n) is 3.71. The molecule has 0 aliphatic carbocycles. The molecule has 5 heteroatoms. The topological polar surface area (TPSA) is 66.4 Å². The quantitative estimate of drug-likeness (QED) is 0.854. The van der Waals surface area contributed by atoms with Gasteiger partial charge in [-0.1, -0.05) is 18.2 Å². The summed E-state index contributed by atoms with van der Waals surface area (Å²) >= 11 is 0. The molecule has 0 fully saturated rings. The van der Waals surface area contributed by atoms with Crippen molar-refractivity contribution < 1.29 is 13.5 Å². The highest BCUT2D eigenvalue weighted by molar-refractivity contribution is 7.92. The molecule has 2 rings (SSSR count). The zero-order valence-electron chi connectivity index (χ0n) is 12.6. The normalized spacial score (nSPS) is 11.4. The van der Waals surface area contributed by atoms with Crippen molar-refractivity contribution in [2.75, 3.05) is 4.72 Å². The van der Waals surface area contributed by atoms with Crippen LogP contribution >= 0.6 is 0 Å². The summed E-state index contributed by atoms with van der Waals surface area (Å²) in [6, 6.07) is 8.25. The Morgan fingerprint density at radius 1 is 0.952 bits per heavy atom. The highest BCUT2D eigenvalue weighted by Crippen LogP contribution is 2.30. The number of hydrogen-bond acceptors (Lipinski definition) is 3. The number of hydrogen-bond donors (Lipinski definition) is 2. The molecule has 2 aromatic rings. The lowest BCUT2D eigenvalue weighted by Crippen LogP contribution is -2.17. The number of aromatic hydroxyl groups is 1. The van der Waals surface area contributed by atoms with E-state index < -0.39 is 10.0 Å². The van der Waals surface area contributed by atoms with Crippen molar-refractivity contribution >= 4 is 15.7 Å². The predicted octanol–water partition coefficient (Wildman–Crippen LogP) is 3.43. The van der Waals surface area contributed by atoms with Crippen molar-refractivity contribution in [1.29, 1.82) is 0 Å². The Morgan fingerprint density at radius 2 is 1.48 bits per heavy atom. The number of benzene rings is 2. The first kappa shape index (κ1) is 15.4. The largest absolute Gasteiger partial charge is 0.506 e. The predicted molar refractivity (Wildman–Crippen MR) is 84.3 cm³/mol. The Morgan fingerprint density at radius 3 is 2.00 bits per heavy atom. The fourth-order valence-electron chi connectivity index (χ4n) is 2.34. The second-order valence-electron chi connectivity index (χ2n) is 5.21. The Hall–Kier alpha value is -2.01. The Labute approximate surface area is 125 Å². The molecular weight excluding hydrogens is 286 g/mol. The average Bonchev–Trinajstić information content (AvgIpc) is 2.39. The van der Waals surface area contributed by atoms with E-state index in [0.717, 1.165) is 22.3 Å². The standard InChI is InChI=1S/C16H19NO3S/c1-10-9-11(2)13(4)16(12(10)3)21(19,20)17-14-7-5-6-8-15(14)18/h5-9,17-18H,1-4H3. The van der Waals surface area contributed by atoms with Gasteiger partial charge in [-0.15, -0.1) is 0 Å². The minimum atomic E-state index is -3.75. The molecule has 0 aliphatic rings.